The van der Waals surface area contributed by atoms with Crippen LogP contribution in [0.5, 0.6) is 17.2 Å². The third kappa shape index (κ3) is 9.49. The average Bonchev–Trinajstić information content (AvgIpc) is 3.75. The molecule has 3 saturated heterocycles. The van der Waals surface area contributed by atoms with Gasteiger partial charge < -0.3 is 61.3 Å². The number of aliphatic hydroxyl groups is 2. The minimum absolute atomic E-state index is 0. The van der Waals surface area contributed by atoms with Gasteiger partial charge in [-0.3, -0.25) is 4.79 Å². The SMILES string of the molecule is O=c1ccc2c([C@@H](O)CNCCCOc3ccc(OCCC[N+]45CCC(CC4)[C@@H](OC[C@@](O)(c4ccccc4)C4CCCC4)C5)cc3)ccc(O)c2[nH]1.[Br-]. The summed E-state index contributed by atoms with van der Waals surface area (Å²) in [7, 11) is 0. The summed E-state index contributed by atoms with van der Waals surface area (Å²) in [5.41, 5.74) is 0.748. The molecule has 3 atom stereocenters. The van der Waals surface area contributed by atoms with E-state index in [1.807, 2.05) is 42.5 Å². The van der Waals surface area contributed by atoms with Crippen LogP contribution in [-0.2, 0) is 10.3 Å². The predicted molar refractivity (Wildman–Crippen MR) is 205 cm³/mol. The molecular weight excluding hydrogens is 750 g/mol. The summed E-state index contributed by atoms with van der Waals surface area (Å²) in [5.74, 6) is 2.45. The van der Waals surface area contributed by atoms with E-state index >= 15 is 0 Å². The highest BCUT2D eigenvalue weighted by Crippen LogP contribution is 2.43. The standard InChI is InChI=1S/C43H55N3O7.BrH/c47-38-18-16-36(37-17-19-41(49)45-42(37)38)39(48)28-44-22-6-26-51-34-12-14-35(15-13-34)52-27-7-23-46-24-20-31(21-25-46)40(29-46)53-30-43(50,33-10-4-5-11-33)32-8-2-1-3-9-32;/h1-3,8-9,12-19,31,33,39-40,44,48,50H,4-7,10-11,20-30H2,(H-,45,47,49);1H/t31?,39-,40-,43+,46?;/m0./s1. The fourth-order valence-electron chi connectivity index (χ4n) is 9.03. The highest BCUT2D eigenvalue weighted by molar-refractivity contribution is 5.87. The molecule has 1 aromatic heterocycles. The van der Waals surface area contributed by atoms with Crippen molar-refractivity contribution in [3.63, 3.8) is 0 Å². The van der Waals surface area contributed by atoms with Gasteiger partial charge in [0.2, 0.25) is 5.56 Å². The molecule has 2 bridgehead atoms. The zero-order valence-electron chi connectivity index (χ0n) is 31.1. The number of nitrogens with one attached hydrogen (secondary N) is 2. The molecule has 8 rings (SSSR count). The number of phenols is 1. The number of aromatic amines is 1. The highest BCUT2D eigenvalue weighted by Gasteiger charge is 2.48. The number of benzene rings is 3. The maximum atomic E-state index is 12.0. The number of ether oxygens (including phenoxy) is 3. The van der Waals surface area contributed by atoms with Crippen LogP contribution in [0, 0.1) is 11.8 Å². The van der Waals surface area contributed by atoms with Gasteiger partial charge in [-0.25, -0.2) is 0 Å². The van der Waals surface area contributed by atoms with E-state index in [0.29, 0.717) is 55.3 Å². The minimum Gasteiger partial charge on any atom is -1.00 e. The Bertz CT molecular complexity index is 1830. The van der Waals surface area contributed by atoms with Crippen molar-refractivity contribution in [2.24, 2.45) is 11.8 Å². The van der Waals surface area contributed by atoms with E-state index in [2.05, 4.69) is 22.4 Å². The molecule has 1 aliphatic carbocycles. The largest absolute Gasteiger partial charge is 1.00 e. The summed E-state index contributed by atoms with van der Waals surface area (Å²) < 4.78 is 19.9. The number of pyridine rings is 1. The number of H-pyrrole nitrogens is 1. The smallest absolute Gasteiger partial charge is 0.248 e. The number of halogens is 1. The third-order valence-corrected chi connectivity index (χ3v) is 12.1. The number of hydrogen-bond donors (Lipinski definition) is 5. The Hall–Kier alpha value is -3.45. The van der Waals surface area contributed by atoms with Crippen LogP contribution < -0.4 is 37.3 Å². The summed E-state index contributed by atoms with van der Waals surface area (Å²) in [5, 5.41) is 36.7. The van der Waals surface area contributed by atoms with Crippen LogP contribution in [0.15, 0.2) is 83.7 Å². The van der Waals surface area contributed by atoms with Crippen molar-refractivity contribution in [1.29, 1.82) is 0 Å². The first-order valence-corrected chi connectivity index (χ1v) is 19.7. The molecule has 11 heteroatoms. The van der Waals surface area contributed by atoms with Gasteiger partial charge in [0.1, 0.15) is 35.5 Å². The summed E-state index contributed by atoms with van der Waals surface area (Å²) in [6, 6.07) is 24.2. The first-order valence-electron chi connectivity index (χ1n) is 19.7. The molecule has 4 aliphatic rings. The lowest BCUT2D eigenvalue weighted by Gasteiger charge is -2.53. The maximum Gasteiger partial charge on any atom is 0.248 e. The Morgan fingerprint density at radius 2 is 1.56 bits per heavy atom. The molecule has 5 N–H and O–H groups in total. The molecule has 0 amide bonds. The first-order chi connectivity index (χ1) is 25.8. The Kier molecular flexibility index (Phi) is 13.7. The summed E-state index contributed by atoms with van der Waals surface area (Å²) in [6.45, 7) is 7.10. The van der Waals surface area contributed by atoms with Gasteiger partial charge in [-0.2, -0.15) is 0 Å². The van der Waals surface area contributed by atoms with E-state index in [1.54, 1.807) is 12.1 Å². The molecule has 3 aromatic carbocycles. The number of fused-ring (bicyclic) bond motifs is 4. The Morgan fingerprint density at radius 3 is 2.26 bits per heavy atom. The van der Waals surface area contributed by atoms with Crippen molar-refractivity contribution < 1.29 is 51.0 Å². The zero-order valence-corrected chi connectivity index (χ0v) is 32.7. The summed E-state index contributed by atoms with van der Waals surface area (Å²) in [6.07, 6.45) is 8.05. The second-order valence-electron chi connectivity index (χ2n) is 15.5. The average molecular weight is 807 g/mol. The number of aliphatic hydroxyl groups excluding tert-OH is 1. The van der Waals surface area contributed by atoms with Crippen LogP contribution >= 0.6 is 0 Å². The van der Waals surface area contributed by atoms with Gasteiger partial charge in [-0.15, -0.1) is 0 Å². The number of rotatable bonds is 18. The quantitative estimate of drug-likeness (QED) is 0.0767. The van der Waals surface area contributed by atoms with Crippen molar-refractivity contribution in [1.82, 2.24) is 10.3 Å². The van der Waals surface area contributed by atoms with Crippen LogP contribution in [0.25, 0.3) is 10.9 Å². The topological polar surface area (TPSA) is 133 Å². The van der Waals surface area contributed by atoms with E-state index in [0.717, 1.165) is 60.3 Å². The Balaban J connectivity index is 0.00000497. The van der Waals surface area contributed by atoms with E-state index in [9.17, 15) is 20.1 Å². The molecule has 292 valence electrons. The maximum absolute atomic E-state index is 12.0. The normalized spacial score (nSPS) is 22.8. The number of piperidine rings is 3. The van der Waals surface area contributed by atoms with Gasteiger partial charge in [0.25, 0.3) is 0 Å². The van der Waals surface area contributed by atoms with Crippen LogP contribution in [-0.4, -0.2) is 90.0 Å². The molecule has 4 fully saturated rings. The van der Waals surface area contributed by atoms with E-state index in [4.69, 9.17) is 14.2 Å². The number of nitrogens with zero attached hydrogens (tertiary/aromatic N) is 1. The first kappa shape index (κ1) is 40.2. The number of quaternary nitrogens is 1. The summed E-state index contributed by atoms with van der Waals surface area (Å²) >= 11 is 0. The molecule has 1 saturated carbocycles. The van der Waals surface area contributed by atoms with Gasteiger partial charge in [-0.1, -0.05) is 49.2 Å². The monoisotopic (exact) mass is 805 g/mol. The fraction of sp³-hybridized carbons (Fsp3) is 0.512. The Labute approximate surface area is 328 Å². The number of phenolic OH excluding ortho intramolecular Hbond substituents is 1. The lowest BCUT2D eigenvalue weighted by Crippen LogP contribution is -3.00. The predicted octanol–water partition coefficient (Wildman–Crippen LogP) is 2.80. The molecule has 4 aromatic rings. The van der Waals surface area contributed by atoms with Crippen molar-refractivity contribution >= 4 is 10.9 Å². The Morgan fingerprint density at radius 1 is 0.870 bits per heavy atom. The molecule has 0 spiro atoms. The molecule has 54 heavy (non-hydrogen) atoms. The van der Waals surface area contributed by atoms with Crippen LogP contribution in [0.2, 0.25) is 0 Å². The molecule has 10 nitrogen and oxygen atoms in total. The molecule has 0 unspecified atom stereocenters. The second kappa shape index (κ2) is 18.5. The van der Waals surface area contributed by atoms with E-state index < -0.39 is 11.7 Å². The highest BCUT2D eigenvalue weighted by atomic mass is 79.9. The van der Waals surface area contributed by atoms with Crippen LogP contribution in [0.3, 0.4) is 0 Å². The fourth-order valence-corrected chi connectivity index (χ4v) is 9.03. The molecule has 4 heterocycles. The zero-order chi connectivity index (χ0) is 36.7. The molecular formula is C43H56BrN3O7. The second-order valence-corrected chi connectivity index (χ2v) is 15.5. The summed E-state index contributed by atoms with van der Waals surface area (Å²) in [4.78, 5) is 14.3. The van der Waals surface area contributed by atoms with Gasteiger partial charge in [0.05, 0.1) is 51.1 Å². The van der Waals surface area contributed by atoms with Gasteiger partial charge in [0.15, 0.2) is 0 Å². The van der Waals surface area contributed by atoms with Crippen LogP contribution in [0.1, 0.15) is 68.6 Å². The lowest BCUT2D eigenvalue weighted by atomic mass is 9.80. The lowest BCUT2D eigenvalue weighted by molar-refractivity contribution is -0.946. The molecule has 3 aliphatic heterocycles. The number of aromatic hydroxyl groups is 1. The third-order valence-electron chi connectivity index (χ3n) is 12.1. The van der Waals surface area contributed by atoms with Crippen LogP contribution in [0.4, 0.5) is 0 Å². The van der Waals surface area contributed by atoms with Crippen molar-refractivity contribution in [2.45, 2.75) is 69.2 Å². The van der Waals surface area contributed by atoms with Crippen molar-refractivity contribution in [2.75, 3.05) is 59.1 Å². The van der Waals surface area contributed by atoms with Gasteiger partial charge in [-0.05, 0) is 79.3 Å². The molecule has 0 radical (unpaired) electrons. The van der Waals surface area contributed by atoms with Crippen molar-refractivity contribution in [3.8, 4) is 17.2 Å². The minimum atomic E-state index is -0.914. The van der Waals surface area contributed by atoms with Gasteiger partial charge >= 0.3 is 0 Å². The van der Waals surface area contributed by atoms with E-state index in [-0.39, 0.29) is 40.3 Å². The van der Waals surface area contributed by atoms with Gasteiger partial charge in [0, 0.05) is 43.2 Å². The van der Waals surface area contributed by atoms with E-state index in [1.165, 1.54) is 50.9 Å². The number of hydrogen-bond acceptors (Lipinski definition) is 8. The van der Waals surface area contributed by atoms with Crippen molar-refractivity contribution in [3.05, 3.63) is 100 Å². The number of aromatic nitrogens is 1.